The summed E-state index contributed by atoms with van der Waals surface area (Å²) in [5.74, 6) is 2.22. The van der Waals surface area contributed by atoms with Crippen LogP contribution in [0.25, 0.3) is 5.65 Å². The Kier molecular flexibility index (Phi) is 4.77. The standard InChI is InChI=1S/C21H22N6OS/c1-28-18-7-2-14(3-8-18)10-22-20-25-21(29-26-20)23-11-17-13-27-12-16(15-4-5-15)6-9-19(27)24-17/h2-3,6-9,12-13,15H,4-5,10-11H2,1H3,(H2,22,23,25,26). The highest BCUT2D eigenvalue weighted by Gasteiger charge is 2.23. The molecule has 0 amide bonds. The number of anilines is 2. The van der Waals surface area contributed by atoms with Crippen LogP contribution < -0.4 is 15.4 Å². The van der Waals surface area contributed by atoms with Crippen LogP contribution in [0.5, 0.6) is 5.75 Å². The maximum Gasteiger partial charge on any atom is 0.236 e. The molecule has 1 aliphatic rings. The molecule has 0 saturated heterocycles. The molecule has 1 fully saturated rings. The van der Waals surface area contributed by atoms with Gasteiger partial charge in [-0.1, -0.05) is 18.2 Å². The summed E-state index contributed by atoms with van der Waals surface area (Å²) in [5.41, 5.74) is 4.52. The summed E-state index contributed by atoms with van der Waals surface area (Å²) in [6.45, 7) is 1.28. The fourth-order valence-corrected chi connectivity index (χ4v) is 3.80. The Morgan fingerprint density at radius 3 is 2.69 bits per heavy atom. The average molecular weight is 407 g/mol. The van der Waals surface area contributed by atoms with Gasteiger partial charge in [0.25, 0.3) is 0 Å². The SMILES string of the molecule is COc1ccc(CNc2nsc(NCc3cn4cc(C5CC5)ccc4n3)n2)cc1. The number of nitrogens with zero attached hydrogens (tertiary/aromatic N) is 4. The molecule has 29 heavy (non-hydrogen) atoms. The zero-order chi connectivity index (χ0) is 19.6. The molecule has 3 heterocycles. The minimum Gasteiger partial charge on any atom is -0.497 e. The van der Waals surface area contributed by atoms with Gasteiger partial charge in [-0.2, -0.15) is 9.36 Å². The van der Waals surface area contributed by atoms with Crippen molar-refractivity contribution in [1.82, 2.24) is 18.7 Å². The van der Waals surface area contributed by atoms with Crippen LogP contribution in [0.15, 0.2) is 48.8 Å². The number of hydrogen-bond donors (Lipinski definition) is 2. The van der Waals surface area contributed by atoms with Crippen molar-refractivity contribution >= 4 is 28.3 Å². The summed E-state index contributed by atoms with van der Waals surface area (Å²) in [6, 6.07) is 12.2. The molecule has 148 valence electrons. The quantitative estimate of drug-likeness (QED) is 0.454. The van der Waals surface area contributed by atoms with Crippen molar-refractivity contribution in [3.63, 3.8) is 0 Å². The molecule has 1 saturated carbocycles. The molecule has 1 aliphatic carbocycles. The Labute approximate surface area is 173 Å². The van der Waals surface area contributed by atoms with E-state index in [4.69, 9.17) is 4.74 Å². The van der Waals surface area contributed by atoms with Crippen molar-refractivity contribution in [1.29, 1.82) is 0 Å². The van der Waals surface area contributed by atoms with E-state index in [1.807, 2.05) is 24.3 Å². The van der Waals surface area contributed by atoms with Gasteiger partial charge in [-0.05, 0) is 48.1 Å². The van der Waals surface area contributed by atoms with Gasteiger partial charge in [0.15, 0.2) is 0 Å². The zero-order valence-corrected chi connectivity index (χ0v) is 16.9. The second kappa shape index (κ2) is 7.71. The summed E-state index contributed by atoms with van der Waals surface area (Å²) < 4.78 is 11.7. The number of pyridine rings is 1. The Morgan fingerprint density at radius 1 is 1.03 bits per heavy atom. The fourth-order valence-electron chi connectivity index (χ4n) is 3.26. The molecule has 0 aliphatic heterocycles. The fraction of sp³-hybridized carbons (Fsp3) is 0.286. The number of benzene rings is 1. The highest BCUT2D eigenvalue weighted by molar-refractivity contribution is 7.09. The third-order valence-corrected chi connectivity index (χ3v) is 5.70. The van der Waals surface area contributed by atoms with E-state index in [9.17, 15) is 0 Å². The van der Waals surface area contributed by atoms with Gasteiger partial charge in [0.1, 0.15) is 11.4 Å². The molecule has 0 spiro atoms. The van der Waals surface area contributed by atoms with Crippen LogP contribution in [0.2, 0.25) is 0 Å². The lowest BCUT2D eigenvalue weighted by Crippen LogP contribution is -2.02. The van der Waals surface area contributed by atoms with Gasteiger partial charge in [0, 0.05) is 30.5 Å². The first-order valence-corrected chi connectivity index (χ1v) is 10.5. The van der Waals surface area contributed by atoms with Crippen molar-refractivity contribution in [3.05, 3.63) is 65.6 Å². The Bertz CT molecular complexity index is 1120. The summed E-state index contributed by atoms with van der Waals surface area (Å²) in [4.78, 5) is 9.18. The number of imidazole rings is 1. The molecular formula is C21H22N6OS. The van der Waals surface area contributed by atoms with Crippen LogP contribution in [0, 0.1) is 0 Å². The molecule has 0 bridgehead atoms. The van der Waals surface area contributed by atoms with Crippen molar-refractivity contribution < 1.29 is 4.74 Å². The van der Waals surface area contributed by atoms with E-state index in [1.165, 1.54) is 29.9 Å². The van der Waals surface area contributed by atoms with Gasteiger partial charge in [-0.15, -0.1) is 0 Å². The summed E-state index contributed by atoms with van der Waals surface area (Å²) >= 11 is 1.34. The van der Waals surface area contributed by atoms with Gasteiger partial charge < -0.3 is 19.8 Å². The molecule has 8 heteroatoms. The van der Waals surface area contributed by atoms with Gasteiger partial charge >= 0.3 is 0 Å². The van der Waals surface area contributed by atoms with Crippen LogP contribution in [-0.2, 0) is 13.1 Å². The molecule has 1 aromatic carbocycles. The first-order valence-electron chi connectivity index (χ1n) is 9.69. The predicted molar refractivity (Wildman–Crippen MR) is 115 cm³/mol. The lowest BCUT2D eigenvalue weighted by atomic mass is 10.2. The summed E-state index contributed by atoms with van der Waals surface area (Å²) in [5, 5.41) is 7.34. The normalized spacial score (nSPS) is 13.6. The molecule has 0 radical (unpaired) electrons. The van der Waals surface area contributed by atoms with Crippen LogP contribution >= 0.6 is 11.5 Å². The molecule has 0 atom stereocenters. The molecule has 4 aromatic rings. The van der Waals surface area contributed by atoms with E-state index in [1.54, 1.807) is 7.11 Å². The maximum absolute atomic E-state index is 5.18. The lowest BCUT2D eigenvalue weighted by molar-refractivity contribution is 0.414. The molecule has 0 unspecified atom stereocenters. The number of methoxy groups -OCH3 is 1. The minimum absolute atomic E-state index is 0.619. The second-order valence-electron chi connectivity index (χ2n) is 7.21. The maximum atomic E-state index is 5.18. The monoisotopic (exact) mass is 406 g/mol. The van der Waals surface area contributed by atoms with Crippen molar-refractivity contribution in [2.24, 2.45) is 0 Å². The predicted octanol–water partition coefficient (Wildman–Crippen LogP) is 4.30. The third kappa shape index (κ3) is 4.17. The van der Waals surface area contributed by atoms with E-state index in [2.05, 4.69) is 53.9 Å². The number of nitrogens with one attached hydrogen (secondary N) is 2. The van der Waals surface area contributed by atoms with Gasteiger partial charge in [0.05, 0.1) is 19.3 Å². The Morgan fingerprint density at radius 2 is 1.90 bits per heavy atom. The van der Waals surface area contributed by atoms with E-state index in [-0.39, 0.29) is 0 Å². The van der Waals surface area contributed by atoms with Gasteiger partial charge in [-0.25, -0.2) is 4.98 Å². The lowest BCUT2D eigenvalue weighted by Gasteiger charge is -2.04. The summed E-state index contributed by atoms with van der Waals surface area (Å²) in [6.07, 6.45) is 6.90. The van der Waals surface area contributed by atoms with E-state index < -0.39 is 0 Å². The van der Waals surface area contributed by atoms with E-state index in [0.717, 1.165) is 33.7 Å². The first-order chi connectivity index (χ1) is 14.3. The smallest absolute Gasteiger partial charge is 0.236 e. The molecule has 7 nitrogen and oxygen atoms in total. The number of rotatable bonds is 8. The average Bonchev–Trinajstić information content (AvgIpc) is 3.37. The van der Waals surface area contributed by atoms with E-state index >= 15 is 0 Å². The highest BCUT2D eigenvalue weighted by Crippen LogP contribution is 2.39. The first kappa shape index (κ1) is 17.9. The van der Waals surface area contributed by atoms with Crippen LogP contribution in [0.4, 0.5) is 11.1 Å². The van der Waals surface area contributed by atoms with Crippen molar-refractivity contribution in [3.8, 4) is 5.75 Å². The molecular weight excluding hydrogens is 384 g/mol. The molecule has 3 aromatic heterocycles. The largest absolute Gasteiger partial charge is 0.497 e. The van der Waals surface area contributed by atoms with Gasteiger partial charge in [-0.3, -0.25) is 0 Å². The Balaban J connectivity index is 1.17. The topological polar surface area (TPSA) is 76.4 Å². The third-order valence-electron chi connectivity index (χ3n) is 5.03. The van der Waals surface area contributed by atoms with Crippen LogP contribution in [-0.4, -0.2) is 25.9 Å². The van der Waals surface area contributed by atoms with Gasteiger partial charge in [0.2, 0.25) is 11.1 Å². The zero-order valence-electron chi connectivity index (χ0n) is 16.1. The van der Waals surface area contributed by atoms with Crippen LogP contribution in [0.3, 0.4) is 0 Å². The number of fused-ring (bicyclic) bond motifs is 1. The van der Waals surface area contributed by atoms with Crippen molar-refractivity contribution in [2.75, 3.05) is 17.7 Å². The number of hydrogen-bond acceptors (Lipinski definition) is 7. The summed E-state index contributed by atoms with van der Waals surface area (Å²) in [7, 11) is 1.67. The molecule has 2 N–H and O–H groups in total. The van der Waals surface area contributed by atoms with E-state index in [0.29, 0.717) is 19.0 Å². The highest BCUT2D eigenvalue weighted by atomic mass is 32.1. The van der Waals surface area contributed by atoms with Crippen molar-refractivity contribution in [2.45, 2.75) is 31.8 Å². The van der Waals surface area contributed by atoms with Crippen LogP contribution in [0.1, 0.15) is 35.6 Å². The second-order valence-corrected chi connectivity index (χ2v) is 7.96. The minimum atomic E-state index is 0.619. The number of aromatic nitrogens is 4. The Hall–Kier alpha value is -3.13. The molecule has 5 rings (SSSR count). The number of ether oxygens (including phenoxy) is 1.